The van der Waals surface area contributed by atoms with Gasteiger partial charge in [-0.2, -0.15) is 5.10 Å². The summed E-state index contributed by atoms with van der Waals surface area (Å²) in [5.41, 5.74) is 2.67. The molecule has 2 N–H and O–H groups in total. The number of aromatic nitrogens is 4. The molecule has 3 aromatic rings. The van der Waals surface area contributed by atoms with Gasteiger partial charge < -0.3 is 4.98 Å². The Hall–Kier alpha value is -1.95. The molecule has 0 aliphatic heterocycles. The average Bonchev–Trinajstić information content (AvgIpc) is 2.83. The molecule has 0 unspecified atom stereocenters. The van der Waals surface area contributed by atoms with Crippen LogP contribution in [0.1, 0.15) is 11.5 Å². The van der Waals surface area contributed by atoms with Gasteiger partial charge in [0.25, 0.3) is 5.56 Å². The van der Waals surface area contributed by atoms with Crippen molar-refractivity contribution in [2.75, 3.05) is 0 Å². The summed E-state index contributed by atoms with van der Waals surface area (Å²) in [7, 11) is 0. The van der Waals surface area contributed by atoms with Crippen LogP contribution < -0.4 is 5.56 Å². The predicted molar refractivity (Wildman–Crippen MR) is 67.3 cm³/mol. The molecule has 0 aliphatic carbocycles. The molecule has 0 saturated heterocycles. The van der Waals surface area contributed by atoms with Gasteiger partial charge in [0, 0.05) is 16.1 Å². The van der Waals surface area contributed by atoms with Crippen LogP contribution >= 0.6 is 11.3 Å². The lowest BCUT2D eigenvalue weighted by atomic mass is 10.2. The Morgan fingerprint density at radius 1 is 1.35 bits per heavy atom. The minimum absolute atomic E-state index is 0.0788. The number of nitrogens with one attached hydrogen (secondary N) is 2. The Bertz CT molecular complexity index is 752. The maximum atomic E-state index is 11.8. The van der Waals surface area contributed by atoms with Crippen LogP contribution in [0.2, 0.25) is 0 Å². The smallest absolute Gasteiger partial charge is 0.268 e. The van der Waals surface area contributed by atoms with Crippen LogP contribution in [-0.4, -0.2) is 20.2 Å². The maximum Gasteiger partial charge on any atom is 0.268 e. The first-order valence-electron chi connectivity index (χ1n) is 5.16. The SMILES string of the molecule is Cc1nc2cc(-c3cn[nH]c3C)sc2c(=O)[nH]1. The molecule has 0 atom stereocenters. The summed E-state index contributed by atoms with van der Waals surface area (Å²) in [6.07, 6.45) is 1.76. The van der Waals surface area contributed by atoms with E-state index in [-0.39, 0.29) is 5.56 Å². The van der Waals surface area contributed by atoms with Gasteiger partial charge in [-0.3, -0.25) is 9.89 Å². The fourth-order valence-electron chi connectivity index (χ4n) is 1.79. The van der Waals surface area contributed by atoms with Crippen molar-refractivity contribution in [1.29, 1.82) is 0 Å². The minimum Gasteiger partial charge on any atom is -0.310 e. The molecule has 3 heterocycles. The molecule has 0 aromatic carbocycles. The molecule has 0 bridgehead atoms. The lowest BCUT2D eigenvalue weighted by molar-refractivity contribution is 1.05. The number of rotatable bonds is 1. The maximum absolute atomic E-state index is 11.8. The van der Waals surface area contributed by atoms with Gasteiger partial charge in [0.1, 0.15) is 10.5 Å². The molecule has 0 fully saturated rings. The number of thiophene rings is 1. The molecular weight excluding hydrogens is 236 g/mol. The second-order valence-corrected chi connectivity index (χ2v) is 4.94. The Labute approximate surface area is 101 Å². The second-order valence-electron chi connectivity index (χ2n) is 3.89. The van der Waals surface area contributed by atoms with Crippen LogP contribution in [0.5, 0.6) is 0 Å². The van der Waals surface area contributed by atoms with Crippen molar-refractivity contribution in [2.45, 2.75) is 13.8 Å². The van der Waals surface area contributed by atoms with Crippen molar-refractivity contribution >= 4 is 21.6 Å². The van der Waals surface area contributed by atoms with Crippen LogP contribution in [0.3, 0.4) is 0 Å². The Morgan fingerprint density at radius 2 is 2.18 bits per heavy atom. The minimum atomic E-state index is -0.0788. The topological polar surface area (TPSA) is 74.4 Å². The number of aryl methyl sites for hydroxylation is 2. The van der Waals surface area contributed by atoms with Crippen molar-refractivity contribution < 1.29 is 0 Å². The summed E-state index contributed by atoms with van der Waals surface area (Å²) in [5, 5.41) is 6.87. The summed E-state index contributed by atoms with van der Waals surface area (Å²) in [6, 6.07) is 1.93. The van der Waals surface area contributed by atoms with E-state index in [1.807, 2.05) is 13.0 Å². The molecule has 0 saturated carbocycles. The summed E-state index contributed by atoms with van der Waals surface area (Å²) in [6.45, 7) is 3.73. The molecule has 3 aromatic heterocycles. The van der Waals surface area contributed by atoms with E-state index >= 15 is 0 Å². The zero-order valence-corrected chi connectivity index (χ0v) is 10.2. The van der Waals surface area contributed by atoms with E-state index in [0.717, 1.165) is 21.7 Å². The van der Waals surface area contributed by atoms with Gasteiger partial charge in [-0.25, -0.2) is 4.98 Å². The number of hydrogen-bond donors (Lipinski definition) is 2. The van der Waals surface area contributed by atoms with Crippen LogP contribution in [0, 0.1) is 13.8 Å². The number of H-pyrrole nitrogens is 2. The zero-order chi connectivity index (χ0) is 12.0. The van der Waals surface area contributed by atoms with E-state index in [1.165, 1.54) is 11.3 Å². The molecule has 17 heavy (non-hydrogen) atoms. The Kier molecular flexibility index (Phi) is 2.12. The number of nitrogens with zero attached hydrogens (tertiary/aromatic N) is 2. The lowest BCUT2D eigenvalue weighted by Gasteiger charge is -1.90. The number of fused-ring (bicyclic) bond motifs is 1. The number of aromatic amines is 2. The van der Waals surface area contributed by atoms with E-state index in [2.05, 4.69) is 20.2 Å². The van der Waals surface area contributed by atoms with E-state index < -0.39 is 0 Å². The zero-order valence-electron chi connectivity index (χ0n) is 9.37. The summed E-state index contributed by atoms with van der Waals surface area (Å²) >= 11 is 1.44. The first-order chi connectivity index (χ1) is 8.15. The van der Waals surface area contributed by atoms with E-state index in [9.17, 15) is 4.79 Å². The molecule has 0 aliphatic rings. The molecule has 0 radical (unpaired) electrons. The number of hydrogen-bond acceptors (Lipinski definition) is 4. The molecule has 0 spiro atoms. The predicted octanol–water partition coefficient (Wildman–Crippen LogP) is 1.99. The van der Waals surface area contributed by atoms with Crippen molar-refractivity contribution in [2.24, 2.45) is 0 Å². The van der Waals surface area contributed by atoms with E-state index in [0.29, 0.717) is 10.5 Å². The third-order valence-electron chi connectivity index (χ3n) is 2.60. The van der Waals surface area contributed by atoms with Gasteiger partial charge in [0.05, 0.1) is 11.7 Å². The lowest BCUT2D eigenvalue weighted by Crippen LogP contribution is -2.07. The van der Waals surface area contributed by atoms with Gasteiger partial charge in [-0.1, -0.05) is 0 Å². The second kappa shape index (κ2) is 3.53. The van der Waals surface area contributed by atoms with E-state index in [4.69, 9.17) is 0 Å². The molecule has 6 heteroatoms. The fourth-order valence-corrected chi connectivity index (χ4v) is 2.85. The monoisotopic (exact) mass is 246 g/mol. The quantitative estimate of drug-likeness (QED) is 0.689. The first-order valence-corrected chi connectivity index (χ1v) is 5.97. The Balaban J connectivity index is 2.31. The molecule has 3 rings (SSSR count). The highest BCUT2D eigenvalue weighted by atomic mass is 32.1. The van der Waals surface area contributed by atoms with Gasteiger partial charge in [0.15, 0.2) is 0 Å². The highest BCUT2D eigenvalue weighted by molar-refractivity contribution is 7.22. The van der Waals surface area contributed by atoms with Crippen molar-refractivity contribution in [3.8, 4) is 10.4 Å². The van der Waals surface area contributed by atoms with Gasteiger partial charge in [0.2, 0.25) is 0 Å². The van der Waals surface area contributed by atoms with Crippen molar-refractivity contribution in [1.82, 2.24) is 20.2 Å². The molecule has 5 nitrogen and oxygen atoms in total. The van der Waals surface area contributed by atoms with Gasteiger partial charge >= 0.3 is 0 Å². The summed E-state index contributed by atoms with van der Waals surface area (Å²) in [5.74, 6) is 0.635. The third-order valence-corrected chi connectivity index (χ3v) is 3.75. The average molecular weight is 246 g/mol. The van der Waals surface area contributed by atoms with Crippen LogP contribution in [0.4, 0.5) is 0 Å². The normalized spacial score (nSPS) is 11.2. The molecule has 0 amide bonds. The highest BCUT2D eigenvalue weighted by Gasteiger charge is 2.11. The fraction of sp³-hybridized carbons (Fsp3) is 0.182. The largest absolute Gasteiger partial charge is 0.310 e. The summed E-state index contributed by atoms with van der Waals surface area (Å²) in [4.78, 5) is 19.8. The highest BCUT2D eigenvalue weighted by Crippen LogP contribution is 2.31. The van der Waals surface area contributed by atoms with Gasteiger partial charge in [-0.05, 0) is 19.9 Å². The van der Waals surface area contributed by atoms with Gasteiger partial charge in [-0.15, -0.1) is 11.3 Å². The first kappa shape index (κ1) is 10.2. The van der Waals surface area contributed by atoms with Crippen molar-refractivity contribution in [3.63, 3.8) is 0 Å². The van der Waals surface area contributed by atoms with Crippen molar-refractivity contribution in [3.05, 3.63) is 34.1 Å². The van der Waals surface area contributed by atoms with Crippen LogP contribution in [0.25, 0.3) is 20.7 Å². The summed E-state index contributed by atoms with van der Waals surface area (Å²) < 4.78 is 0.659. The standard InChI is InChI=1S/C11H10N4OS/c1-5-7(4-12-15-5)9-3-8-10(17-9)11(16)14-6(2)13-8/h3-4H,1-2H3,(H,12,15)(H,13,14,16). The van der Waals surface area contributed by atoms with Crippen LogP contribution in [-0.2, 0) is 0 Å². The Morgan fingerprint density at radius 3 is 2.88 bits per heavy atom. The molecular formula is C11H10N4OS. The third kappa shape index (κ3) is 1.57. The van der Waals surface area contributed by atoms with E-state index in [1.54, 1.807) is 13.1 Å². The molecule has 86 valence electrons. The van der Waals surface area contributed by atoms with Crippen LogP contribution in [0.15, 0.2) is 17.1 Å².